The number of ether oxygens (including phenoxy) is 1. The average Bonchev–Trinajstić information content (AvgIpc) is 2.47. The van der Waals surface area contributed by atoms with Crippen LogP contribution in [0.3, 0.4) is 0 Å². The summed E-state index contributed by atoms with van der Waals surface area (Å²) in [5.74, 6) is 0.678. The second-order valence-corrected chi connectivity index (χ2v) is 4.97. The number of hydrogen-bond acceptors (Lipinski definition) is 3. The molecule has 2 aromatic rings. The molecule has 1 aromatic heterocycles. The van der Waals surface area contributed by atoms with Crippen molar-refractivity contribution in [1.29, 1.82) is 0 Å². The summed E-state index contributed by atoms with van der Waals surface area (Å²) in [4.78, 5) is 16.1. The first kappa shape index (κ1) is 14.5. The number of pyridine rings is 1. The van der Waals surface area contributed by atoms with E-state index >= 15 is 0 Å². The average molecular weight is 332 g/mol. The highest BCUT2D eigenvalue weighted by molar-refractivity contribution is 9.10. The minimum absolute atomic E-state index is 0.0480. The number of benzene rings is 1. The molecule has 0 N–H and O–H groups in total. The van der Waals surface area contributed by atoms with Gasteiger partial charge in [-0.3, -0.25) is 9.78 Å². The Morgan fingerprint density at radius 2 is 2.00 bits per heavy atom. The molecule has 0 radical (unpaired) electrons. The van der Waals surface area contributed by atoms with Gasteiger partial charge in [-0.15, -0.1) is 0 Å². The van der Waals surface area contributed by atoms with E-state index in [1.54, 1.807) is 24.4 Å². The Balaban J connectivity index is 2.04. The summed E-state index contributed by atoms with van der Waals surface area (Å²) in [5, 5.41) is 0. The van der Waals surface area contributed by atoms with E-state index in [1.807, 2.05) is 31.2 Å². The third-order valence-electron chi connectivity index (χ3n) is 2.60. The fourth-order valence-corrected chi connectivity index (χ4v) is 1.88. The lowest BCUT2D eigenvalue weighted by Gasteiger charge is -2.01. The lowest BCUT2D eigenvalue weighted by molar-refractivity contribution is 0.104. The molecule has 102 valence electrons. The van der Waals surface area contributed by atoms with Crippen LogP contribution in [0.25, 0.3) is 6.08 Å². The zero-order valence-corrected chi connectivity index (χ0v) is 12.6. The molecule has 0 fully saturated rings. The second kappa shape index (κ2) is 7.01. The molecular weight excluding hydrogens is 318 g/mol. The number of hydrogen-bond donors (Lipinski definition) is 0. The summed E-state index contributed by atoms with van der Waals surface area (Å²) < 4.78 is 6.26. The van der Waals surface area contributed by atoms with Crippen LogP contribution in [-0.4, -0.2) is 17.4 Å². The van der Waals surface area contributed by atoms with Crippen LogP contribution in [0.1, 0.15) is 23.0 Å². The van der Waals surface area contributed by atoms with Crippen molar-refractivity contribution in [1.82, 2.24) is 4.98 Å². The predicted molar refractivity (Wildman–Crippen MR) is 82.9 cm³/mol. The van der Waals surface area contributed by atoms with Gasteiger partial charge in [0.05, 0.1) is 18.5 Å². The molecule has 0 spiro atoms. The van der Waals surface area contributed by atoms with Crippen molar-refractivity contribution in [3.63, 3.8) is 0 Å². The first-order valence-electron chi connectivity index (χ1n) is 6.26. The highest BCUT2D eigenvalue weighted by atomic mass is 79.9. The highest BCUT2D eigenvalue weighted by Crippen LogP contribution is 2.13. The number of nitrogens with zero attached hydrogens (tertiary/aromatic N) is 1. The molecule has 0 atom stereocenters. The number of ketones is 1. The minimum Gasteiger partial charge on any atom is -0.492 e. The normalized spacial score (nSPS) is 10.7. The summed E-state index contributed by atoms with van der Waals surface area (Å²) in [7, 11) is 0. The number of rotatable bonds is 5. The van der Waals surface area contributed by atoms with Crippen molar-refractivity contribution in [3.8, 4) is 5.75 Å². The van der Waals surface area contributed by atoms with Crippen LogP contribution in [0.4, 0.5) is 0 Å². The highest BCUT2D eigenvalue weighted by Gasteiger charge is 2.01. The Morgan fingerprint density at radius 3 is 2.60 bits per heavy atom. The van der Waals surface area contributed by atoms with Crippen molar-refractivity contribution >= 4 is 27.8 Å². The van der Waals surface area contributed by atoms with Crippen molar-refractivity contribution in [2.75, 3.05) is 6.61 Å². The molecule has 1 heterocycles. The molecular formula is C16H14BrNO2. The van der Waals surface area contributed by atoms with E-state index in [0.29, 0.717) is 12.2 Å². The minimum atomic E-state index is -0.0480. The number of carbonyl (C=O) groups excluding carboxylic acids is 1. The smallest absolute Gasteiger partial charge is 0.185 e. The number of carbonyl (C=O) groups is 1. The molecule has 0 amide bonds. The molecule has 0 bridgehead atoms. The Morgan fingerprint density at radius 1 is 1.25 bits per heavy atom. The van der Waals surface area contributed by atoms with Crippen LogP contribution >= 0.6 is 15.9 Å². The molecule has 4 heteroatoms. The lowest BCUT2D eigenvalue weighted by Crippen LogP contribution is -1.94. The van der Waals surface area contributed by atoms with E-state index in [1.165, 1.54) is 6.08 Å². The second-order valence-electron chi connectivity index (χ2n) is 4.06. The summed E-state index contributed by atoms with van der Waals surface area (Å²) in [6.07, 6.45) is 4.86. The van der Waals surface area contributed by atoms with Gasteiger partial charge in [-0.05, 0) is 55.5 Å². The van der Waals surface area contributed by atoms with Crippen LogP contribution < -0.4 is 4.74 Å². The van der Waals surface area contributed by atoms with Gasteiger partial charge in [-0.25, -0.2) is 0 Å². The van der Waals surface area contributed by atoms with Crippen LogP contribution in [0.2, 0.25) is 0 Å². The van der Waals surface area contributed by atoms with E-state index in [0.717, 1.165) is 15.9 Å². The van der Waals surface area contributed by atoms with E-state index < -0.39 is 0 Å². The van der Waals surface area contributed by atoms with Gasteiger partial charge in [0, 0.05) is 10.0 Å². The van der Waals surface area contributed by atoms with Gasteiger partial charge >= 0.3 is 0 Å². The van der Waals surface area contributed by atoms with Gasteiger partial charge in [0.1, 0.15) is 5.75 Å². The first-order chi connectivity index (χ1) is 9.69. The van der Waals surface area contributed by atoms with Gasteiger partial charge in [0.25, 0.3) is 0 Å². The van der Waals surface area contributed by atoms with Gasteiger partial charge in [0.2, 0.25) is 0 Å². The third-order valence-corrected chi connectivity index (χ3v) is 3.13. The van der Waals surface area contributed by atoms with Crippen LogP contribution in [-0.2, 0) is 0 Å². The molecule has 2 rings (SSSR count). The Kier molecular flexibility index (Phi) is 5.07. The monoisotopic (exact) mass is 331 g/mol. The van der Waals surface area contributed by atoms with Crippen molar-refractivity contribution in [3.05, 3.63) is 64.4 Å². The van der Waals surface area contributed by atoms with E-state index in [2.05, 4.69) is 20.9 Å². The third kappa shape index (κ3) is 4.03. The molecule has 20 heavy (non-hydrogen) atoms. The Labute approximate surface area is 126 Å². The standard InChI is InChI=1S/C16H14BrNO2/c1-2-20-15-9-7-14(18-11-15)8-10-16(19)12-3-5-13(17)6-4-12/h3-11H,2H2,1H3/b10-8+. The van der Waals surface area contributed by atoms with Crippen molar-refractivity contribution < 1.29 is 9.53 Å². The zero-order chi connectivity index (χ0) is 14.4. The summed E-state index contributed by atoms with van der Waals surface area (Å²) in [5.41, 5.74) is 1.37. The maximum absolute atomic E-state index is 11.9. The maximum atomic E-state index is 11.9. The first-order valence-corrected chi connectivity index (χ1v) is 7.05. The summed E-state index contributed by atoms with van der Waals surface area (Å²) >= 11 is 3.34. The van der Waals surface area contributed by atoms with Gasteiger partial charge in [0.15, 0.2) is 5.78 Å². The molecule has 0 aliphatic carbocycles. The van der Waals surface area contributed by atoms with Crippen LogP contribution in [0.5, 0.6) is 5.75 Å². The van der Waals surface area contributed by atoms with Crippen molar-refractivity contribution in [2.24, 2.45) is 0 Å². The number of halogens is 1. The molecule has 0 aliphatic heterocycles. The van der Waals surface area contributed by atoms with E-state index in [4.69, 9.17) is 4.74 Å². The van der Waals surface area contributed by atoms with E-state index in [-0.39, 0.29) is 5.78 Å². The van der Waals surface area contributed by atoms with Crippen LogP contribution in [0, 0.1) is 0 Å². The maximum Gasteiger partial charge on any atom is 0.185 e. The molecule has 0 saturated heterocycles. The topological polar surface area (TPSA) is 39.2 Å². The summed E-state index contributed by atoms with van der Waals surface area (Å²) in [6.45, 7) is 2.53. The van der Waals surface area contributed by atoms with Crippen LogP contribution in [0.15, 0.2) is 53.1 Å². The zero-order valence-electron chi connectivity index (χ0n) is 11.0. The number of allylic oxidation sites excluding steroid dienone is 1. The molecule has 0 aliphatic rings. The quantitative estimate of drug-likeness (QED) is 0.610. The molecule has 1 aromatic carbocycles. The number of aromatic nitrogens is 1. The Bertz CT molecular complexity index is 603. The SMILES string of the molecule is CCOc1ccc(/C=C/C(=O)c2ccc(Br)cc2)nc1. The largest absolute Gasteiger partial charge is 0.492 e. The summed E-state index contributed by atoms with van der Waals surface area (Å²) in [6, 6.07) is 10.9. The van der Waals surface area contributed by atoms with Crippen molar-refractivity contribution in [2.45, 2.75) is 6.92 Å². The molecule has 3 nitrogen and oxygen atoms in total. The molecule has 0 unspecified atom stereocenters. The van der Waals surface area contributed by atoms with E-state index in [9.17, 15) is 4.79 Å². The fourth-order valence-electron chi connectivity index (χ4n) is 1.61. The fraction of sp³-hybridized carbons (Fsp3) is 0.125. The van der Waals surface area contributed by atoms with Gasteiger partial charge in [-0.2, -0.15) is 0 Å². The van der Waals surface area contributed by atoms with Gasteiger partial charge in [-0.1, -0.05) is 15.9 Å². The Hall–Kier alpha value is -1.94. The predicted octanol–water partition coefficient (Wildman–Crippen LogP) is 4.14. The molecule has 0 saturated carbocycles. The lowest BCUT2D eigenvalue weighted by atomic mass is 10.1. The van der Waals surface area contributed by atoms with Gasteiger partial charge < -0.3 is 4.74 Å².